The fourth-order valence-electron chi connectivity index (χ4n) is 6.02. The zero-order valence-electron chi connectivity index (χ0n) is 19.2. The third kappa shape index (κ3) is 4.47. The third-order valence-corrected chi connectivity index (χ3v) is 7.99. The van der Waals surface area contributed by atoms with Crippen LogP contribution in [0.5, 0.6) is 5.75 Å². The zero-order valence-corrected chi connectivity index (χ0v) is 20.0. The van der Waals surface area contributed by atoms with Crippen LogP contribution in [0.3, 0.4) is 0 Å². The molecule has 0 radical (unpaired) electrons. The molecule has 3 nitrogen and oxygen atoms in total. The van der Waals surface area contributed by atoms with E-state index in [4.69, 9.17) is 4.74 Å². The Balaban J connectivity index is 0.00000245. The Morgan fingerprint density at radius 1 is 1.16 bits per heavy atom. The third-order valence-electron chi connectivity index (χ3n) is 7.99. The van der Waals surface area contributed by atoms with E-state index in [1.807, 2.05) is 6.07 Å². The fraction of sp³-hybridized carbons (Fsp3) is 0.536. The maximum Gasteiger partial charge on any atom is 0.311 e. The van der Waals surface area contributed by atoms with Gasteiger partial charge in [0.25, 0.3) is 0 Å². The molecule has 2 aromatic rings. The van der Waals surface area contributed by atoms with Crippen molar-refractivity contribution in [3.05, 3.63) is 65.2 Å². The second-order valence-corrected chi connectivity index (χ2v) is 9.95. The first-order valence-corrected chi connectivity index (χ1v) is 12.3. The second kappa shape index (κ2) is 9.97. The number of benzene rings is 2. The lowest BCUT2D eigenvalue weighted by Gasteiger charge is -2.53. The van der Waals surface area contributed by atoms with Gasteiger partial charge in [0, 0.05) is 24.4 Å². The highest BCUT2D eigenvalue weighted by Gasteiger charge is 2.47. The Kier molecular flexibility index (Phi) is 7.27. The van der Waals surface area contributed by atoms with E-state index in [0.29, 0.717) is 18.2 Å². The number of hydrogen-bond acceptors (Lipinski definition) is 3. The van der Waals surface area contributed by atoms with Gasteiger partial charge in [0.1, 0.15) is 5.75 Å². The summed E-state index contributed by atoms with van der Waals surface area (Å²) < 4.78 is 5.75. The van der Waals surface area contributed by atoms with Gasteiger partial charge in [-0.3, -0.25) is 9.69 Å². The van der Waals surface area contributed by atoms with Gasteiger partial charge in [0.15, 0.2) is 0 Å². The van der Waals surface area contributed by atoms with Crippen molar-refractivity contribution in [2.75, 3.05) is 13.1 Å². The summed E-state index contributed by atoms with van der Waals surface area (Å²) in [5.41, 5.74) is 4.27. The van der Waals surface area contributed by atoms with E-state index in [9.17, 15) is 4.79 Å². The highest BCUT2D eigenvalue weighted by molar-refractivity contribution is 5.85. The van der Waals surface area contributed by atoms with E-state index < -0.39 is 0 Å². The lowest BCUT2D eigenvalue weighted by atomic mass is 9.60. The SMILES string of the molecule is CCCCC(=O)Oc1ccc2c(c1)C1(c3ccccc3)CCN(CC3CCC3)C(C2)C1.Cl. The lowest BCUT2D eigenvalue weighted by molar-refractivity contribution is -0.134. The molecular formula is C28H36ClNO2. The highest BCUT2D eigenvalue weighted by atomic mass is 35.5. The predicted molar refractivity (Wildman–Crippen MR) is 132 cm³/mol. The van der Waals surface area contributed by atoms with Crippen molar-refractivity contribution in [2.24, 2.45) is 5.92 Å². The summed E-state index contributed by atoms with van der Waals surface area (Å²) in [6, 6.07) is 18.1. The average Bonchev–Trinajstić information content (AvgIpc) is 2.77. The van der Waals surface area contributed by atoms with Crippen LogP contribution < -0.4 is 4.74 Å². The largest absolute Gasteiger partial charge is 0.427 e. The Labute approximate surface area is 198 Å². The van der Waals surface area contributed by atoms with Crippen LogP contribution in [-0.2, 0) is 16.6 Å². The molecule has 2 aromatic carbocycles. The van der Waals surface area contributed by atoms with Crippen molar-refractivity contribution < 1.29 is 9.53 Å². The minimum absolute atomic E-state index is 0. The van der Waals surface area contributed by atoms with Crippen molar-refractivity contribution in [1.82, 2.24) is 4.90 Å². The van der Waals surface area contributed by atoms with Gasteiger partial charge in [0.05, 0.1) is 0 Å². The Hall–Kier alpha value is -1.84. The average molecular weight is 454 g/mol. The summed E-state index contributed by atoms with van der Waals surface area (Å²) in [7, 11) is 0. The van der Waals surface area contributed by atoms with Gasteiger partial charge >= 0.3 is 5.97 Å². The summed E-state index contributed by atoms with van der Waals surface area (Å²) in [5.74, 6) is 1.51. The predicted octanol–water partition coefficient (Wildman–Crippen LogP) is 6.31. The number of ether oxygens (including phenoxy) is 1. The number of carbonyl (C=O) groups excluding carboxylic acids is 1. The first kappa shape index (κ1) is 23.3. The molecule has 5 rings (SSSR count). The molecule has 0 aromatic heterocycles. The van der Waals surface area contributed by atoms with Crippen LogP contribution in [0.1, 0.15) is 75.0 Å². The van der Waals surface area contributed by atoms with Crippen molar-refractivity contribution in [3.8, 4) is 5.75 Å². The summed E-state index contributed by atoms with van der Waals surface area (Å²) in [5, 5.41) is 0. The van der Waals surface area contributed by atoms with Gasteiger partial charge in [-0.25, -0.2) is 0 Å². The molecule has 1 saturated heterocycles. The smallest absolute Gasteiger partial charge is 0.311 e. The number of carbonyl (C=O) groups is 1. The number of hydrogen-bond donors (Lipinski definition) is 0. The molecule has 1 saturated carbocycles. The van der Waals surface area contributed by atoms with Gasteiger partial charge in [-0.2, -0.15) is 0 Å². The molecular weight excluding hydrogens is 418 g/mol. The first-order chi connectivity index (χ1) is 15.2. The molecule has 4 heteroatoms. The van der Waals surface area contributed by atoms with Crippen LogP contribution in [0, 0.1) is 5.92 Å². The molecule has 32 heavy (non-hydrogen) atoms. The normalized spacial score (nSPS) is 24.7. The lowest BCUT2D eigenvalue weighted by Crippen LogP contribution is -2.55. The number of unbranched alkanes of at least 4 members (excludes halogenated alkanes) is 1. The molecule has 2 fully saturated rings. The molecule has 2 bridgehead atoms. The van der Waals surface area contributed by atoms with Crippen LogP contribution in [0.2, 0.25) is 0 Å². The van der Waals surface area contributed by atoms with Crippen LogP contribution in [0.25, 0.3) is 0 Å². The maximum atomic E-state index is 12.3. The number of piperidine rings is 1. The minimum Gasteiger partial charge on any atom is -0.427 e. The van der Waals surface area contributed by atoms with Gasteiger partial charge < -0.3 is 4.74 Å². The van der Waals surface area contributed by atoms with Crippen LogP contribution >= 0.6 is 12.4 Å². The molecule has 2 atom stereocenters. The van der Waals surface area contributed by atoms with E-state index >= 15 is 0 Å². The minimum atomic E-state index is -0.112. The molecule has 172 valence electrons. The standard InChI is InChI=1S/C28H35NO2.ClH/c1-2-3-12-27(30)31-25-14-13-22-17-24-19-28(26(22)18-25,23-10-5-4-6-11-23)15-16-29(24)20-21-8-7-9-21;/h4-6,10-11,13-14,18,21,24H,2-3,7-9,12,15-17,19-20H2,1H3;1H. The molecule has 3 aliphatic rings. The number of rotatable bonds is 7. The maximum absolute atomic E-state index is 12.3. The quantitative estimate of drug-likeness (QED) is 0.363. The van der Waals surface area contributed by atoms with E-state index in [1.54, 1.807) is 0 Å². The number of esters is 1. The van der Waals surface area contributed by atoms with Gasteiger partial charge in [-0.05, 0) is 79.8 Å². The monoisotopic (exact) mass is 453 g/mol. The second-order valence-electron chi connectivity index (χ2n) is 9.95. The Bertz CT molecular complexity index is 926. The van der Waals surface area contributed by atoms with E-state index in [2.05, 4.69) is 54.3 Å². The summed E-state index contributed by atoms with van der Waals surface area (Å²) in [4.78, 5) is 15.0. The zero-order chi connectivity index (χ0) is 21.3. The molecule has 2 unspecified atom stereocenters. The van der Waals surface area contributed by atoms with Crippen molar-refractivity contribution >= 4 is 18.4 Å². The number of nitrogens with zero attached hydrogens (tertiary/aromatic N) is 1. The summed E-state index contributed by atoms with van der Waals surface area (Å²) in [6.45, 7) is 4.54. The summed E-state index contributed by atoms with van der Waals surface area (Å²) >= 11 is 0. The molecule has 1 aliphatic heterocycles. The van der Waals surface area contributed by atoms with Crippen LogP contribution in [0.4, 0.5) is 0 Å². The fourth-order valence-corrected chi connectivity index (χ4v) is 6.02. The van der Waals surface area contributed by atoms with E-state index in [0.717, 1.165) is 38.1 Å². The van der Waals surface area contributed by atoms with Gasteiger partial charge in [-0.15, -0.1) is 12.4 Å². The number of halogens is 1. The van der Waals surface area contributed by atoms with E-state index in [1.165, 1.54) is 48.9 Å². The Morgan fingerprint density at radius 3 is 2.69 bits per heavy atom. The topological polar surface area (TPSA) is 29.5 Å². The first-order valence-electron chi connectivity index (χ1n) is 12.3. The van der Waals surface area contributed by atoms with Gasteiger partial charge in [0.2, 0.25) is 0 Å². The number of likely N-dealkylation sites (tertiary alicyclic amines) is 1. The van der Waals surface area contributed by atoms with Crippen LogP contribution in [-0.4, -0.2) is 30.0 Å². The van der Waals surface area contributed by atoms with Crippen LogP contribution in [0.15, 0.2) is 48.5 Å². The molecule has 2 aliphatic carbocycles. The van der Waals surface area contributed by atoms with Crippen molar-refractivity contribution in [3.63, 3.8) is 0 Å². The number of fused-ring (bicyclic) bond motifs is 4. The van der Waals surface area contributed by atoms with E-state index in [-0.39, 0.29) is 23.8 Å². The van der Waals surface area contributed by atoms with Crippen molar-refractivity contribution in [1.29, 1.82) is 0 Å². The van der Waals surface area contributed by atoms with Gasteiger partial charge in [-0.1, -0.05) is 56.2 Å². The molecule has 0 N–H and O–H groups in total. The summed E-state index contributed by atoms with van der Waals surface area (Å²) in [6.07, 6.45) is 10.1. The molecule has 0 spiro atoms. The van der Waals surface area contributed by atoms with Crippen molar-refractivity contribution in [2.45, 2.75) is 76.2 Å². The molecule has 0 amide bonds. The Morgan fingerprint density at radius 2 is 1.97 bits per heavy atom. The molecule has 1 heterocycles. The highest BCUT2D eigenvalue weighted by Crippen LogP contribution is 2.50.